The maximum atomic E-state index is 3.88. The van der Waals surface area contributed by atoms with Crippen molar-refractivity contribution in [1.29, 1.82) is 0 Å². The fourth-order valence-corrected chi connectivity index (χ4v) is 2.15. The van der Waals surface area contributed by atoms with Crippen molar-refractivity contribution >= 4 is 11.3 Å². The maximum absolute atomic E-state index is 3.88. The molecule has 0 unspecified atom stereocenters. The van der Waals surface area contributed by atoms with Gasteiger partial charge in [0.25, 0.3) is 0 Å². The van der Waals surface area contributed by atoms with Crippen LogP contribution in [-0.2, 0) is 13.0 Å². The van der Waals surface area contributed by atoms with Gasteiger partial charge < -0.3 is 5.32 Å². The summed E-state index contributed by atoms with van der Waals surface area (Å²) in [6, 6.07) is 4.44. The van der Waals surface area contributed by atoms with Gasteiger partial charge in [-0.25, -0.2) is 0 Å². The smallest absolute Gasteiger partial charge is 0.0299 e. The molecule has 1 aromatic rings. The van der Waals surface area contributed by atoms with Crippen LogP contribution in [0.15, 0.2) is 24.3 Å². The molecule has 0 aliphatic rings. The van der Waals surface area contributed by atoms with Gasteiger partial charge in [0, 0.05) is 16.3 Å². The van der Waals surface area contributed by atoms with E-state index < -0.39 is 0 Å². The molecule has 0 aliphatic carbocycles. The number of aryl methyl sites for hydroxylation is 1. The van der Waals surface area contributed by atoms with Crippen LogP contribution in [0.4, 0.5) is 0 Å². The molecule has 0 radical (unpaired) electrons. The Bertz CT molecular complexity index is 288. The van der Waals surface area contributed by atoms with E-state index in [1.807, 2.05) is 11.3 Å². The quantitative estimate of drug-likeness (QED) is 0.559. The van der Waals surface area contributed by atoms with Gasteiger partial charge in [-0.15, -0.1) is 17.9 Å². The summed E-state index contributed by atoms with van der Waals surface area (Å²) in [6.07, 6.45) is 2.22. The van der Waals surface area contributed by atoms with Gasteiger partial charge in [0.1, 0.15) is 0 Å². The topological polar surface area (TPSA) is 12.0 Å². The van der Waals surface area contributed by atoms with Gasteiger partial charge >= 0.3 is 0 Å². The minimum absolute atomic E-state index is 0.998. The predicted octanol–water partition coefficient (Wildman–Crippen LogP) is 3.37. The van der Waals surface area contributed by atoms with E-state index in [9.17, 15) is 0 Å². The first-order valence-electron chi connectivity index (χ1n) is 5.15. The minimum atomic E-state index is 0.998. The highest BCUT2D eigenvalue weighted by Gasteiger charge is 1.97. The first kappa shape index (κ1) is 11.5. The van der Waals surface area contributed by atoms with Gasteiger partial charge in [0.05, 0.1) is 0 Å². The lowest BCUT2D eigenvalue weighted by atomic mass is 10.2. The molecule has 0 spiro atoms. The van der Waals surface area contributed by atoms with Crippen molar-refractivity contribution in [3.05, 3.63) is 34.0 Å². The SMILES string of the molecule is C=C(C)CCNCc1ccc(CC)s1. The molecule has 0 atom stereocenters. The summed E-state index contributed by atoms with van der Waals surface area (Å²) in [5.41, 5.74) is 1.25. The Kier molecular flexibility index (Phi) is 4.91. The summed E-state index contributed by atoms with van der Waals surface area (Å²) in [5.74, 6) is 0. The molecule has 78 valence electrons. The van der Waals surface area contributed by atoms with Crippen LogP contribution < -0.4 is 5.32 Å². The molecule has 0 amide bonds. The van der Waals surface area contributed by atoms with Crippen LogP contribution >= 0.6 is 11.3 Å². The summed E-state index contributed by atoms with van der Waals surface area (Å²) in [4.78, 5) is 2.91. The van der Waals surface area contributed by atoms with Gasteiger partial charge in [-0.1, -0.05) is 12.5 Å². The summed E-state index contributed by atoms with van der Waals surface area (Å²) in [5, 5.41) is 3.42. The third-order valence-electron chi connectivity index (χ3n) is 2.09. The number of thiophene rings is 1. The Hall–Kier alpha value is -0.600. The van der Waals surface area contributed by atoms with Crippen molar-refractivity contribution in [3.8, 4) is 0 Å². The largest absolute Gasteiger partial charge is 0.312 e. The summed E-state index contributed by atoms with van der Waals surface area (Å²) >= 11 is 1.91. The molecular formula is C12H19NS. The summed E-state index contributed by atoms with van der Waals surface area (Å²) < 4.78 is 0. The third kappa shape index (κ3) is 4.07. The van der Waals surface area contributed by atoms with E-state index in [0.29, 0.717) is 0 Å². The van der Waals surface area contributed by atoms with Gasteiger partial charge in [-0.2, -0.15) is 0 Å². The molecule has 0 saturated heterocycles. The number of rotatable bonds is 6. The Balaban J connectivity index is 2.21. The van der Waals surface area contributed by atoms with Gasteiger partial charge in [0.15, 0.2) is 0 Å². The zero-order valence-electron chi connectivity index (χ0n) is 9.10. The summed E-state index contributed by atoms with van der Waals surface area (Å²) in [7, 11) is 0. The Morgan fingerprint density at radius 3 is 2.71 bits per heavy atom. The van der Waals surface area contributed by atoms with Crippen molar-refractivity contribution < 1.29 is 0 Å². The molecule has 0 aliphatic heterocycles. The number of nitrogens with one attached hydrogen (secondary N) is 1. The molecule has 0 bridgehead atoms. The molecule has 0 aromatic carbocycles. The van der Waals surface area contributed by atoms with E-state index in [4.69, 9.17) is 0 Å². The second-order valence-electron chi connectivity index (χ2n) is 3.61. The van der Waals surface area contributed by atoms with E-state index in [2.05, 4.69) is 37.9 Å². The van der Waals surface area contributed by atoms with Crippen molar-refractivity contribution in [2.75, 3.05) is 6.54 Å². The molecule has 1 rings (SSSR count). The standard InChI is InChI=1S/C12H19NS/c1-4-11-5-6-12(14-11)9-13-8-7-10(2)3/h5-6,13H,2,4,7-9H2,1,3H3. The molecule has 1 aromatic heterocycles. The molecule has 2 heteroatoms. The third-order valence-corrected chi connectivity index (χ3v) is 3.32. The fourth-order valence-electron chi connectivity index (χ4n) is 1.22. The molecule has 14 heavy (non-hydrogen) atoms. The highest BCUT2D eigenvalue weighted by molar-refractivity contribution is 7.11. The van der Waals surface area contributed by atoms with E-state index in [0.717, 1.165) is 25.9 Å². The monoisotopic (exact) mass is 209 g/mol. The molecule has 1 N–H and O–H groups in total. The number of hydrogen-bond donors (Lipinski definition) is 1. The van der Waals surface area contributed by atoms with Crippen LogP contribution in [0.1, 0.15) is 30.0 Å². The van der Waals surface area contributed by atoms with Crippen LogP contribution in [0.25, 0.3) is 0 Å². The second-order valence-corrected chi connectivity index (χ2v) is 4.86. The maximum Gasteiger partial charge on any atom is 0.0299 e. The first-order valence-corrected chi connectivity index (χ1v) is 5.96. The van der Waals surface area contributed by atoms with Crippen LogP contribution in [0.5, 0.6) is 0 Å². The Morgan fingerprint density at radius 1 is 1.43 bits per heavy atom. The predicted molar refractivity (Wildman–Crippen MR) is 64.8 cm³/mol. The summed E-state index contributed by atoms with van der Waals surface area (Å²) in [6.45, 7) is 10.2. The van der Waals surface area contributed by atoms with Crippen LogP contribution in [0, 0.1) is 0 Å². The number of hydrogen-bond acceptors (Lipinski definition) is 2. The van der Waals surface area contributed by atoms with Crippen molar-refractivity contribution in [1.82, 2.24) is 5.32 Å². The van der Waals surface area contributed by atoms with E-state index in [1.54, 1.807) is 0 Å². The molecule has 0 saturated carbocycles. The van der Waals surface area contributed by atoms with Crippen LogP contribution in [0.2, 0.25) is 0 Å². The first-order chi connectivity index (χ1) is 6.72. The van der Waals surface area contributed by atoms with E-state index in [-0.39, 0.29) is 0 Å². The molecule has 1 nitrogen and oxygen atoms in total. The lowest BCUT2D eigenvalue weighted by Gasteiger charge is -2.01. The highest BCUT2D eigenvalue weighted by atomic mass is 32.1. The lowest BCUT2D eigenvalue weighted by Crippen LogP contribution is -2.13. The van der Waals surface area contributed by atoms with E-state index >= 15 is 0 Å². The molecule has 1 heterocycles. The average Bonchev–Trinajstić information content (AvgIpc) is 2.60. The van der Waals surface area contributed by atoms with Gasteiger partial charge in [0.2, 0.25) is 0 Å². The normalized spacial score (nSPS) is 10.4. The van der Waals surface area contributed by atoms with Crippen LogP contribution in [0.3, 0.4) is 0 Å². The minimum Gasteiger partial charge on any atom is -0.312 e. The zero-order valence-corrected chi connectivity index (χ0v) is 9.91. The highest BCUT2D eigenvalue weighted by Crippen LogP contribution is 2.16. The fraction of sp³-hybridized carbons (Fsp3) is 0.500. The average molecular weight is 209 g/mol. The molecular weight excluding hydrogens is 190 g/mol. The van der Waals surface area contributed by atoms with Crippen molar-refractivity contribution in [2.45, 2.75) is 33.2 Å². The van der Waals surface area contributed by atoms with Gasteiger partial charge in [-0.3, -0.25) is 0 Å². The lowest BCUT2D eigenvalue weighted by molar-refractivity contribution is 0.691. The van der Waals surface area contributed by atoms with E-state index in [1.165, 1.54) is 15.3 Å². The zero-order chi connectivity index (χ0) is 10.4. The van der Waals surface area contributed by atoms with Gasteiger partial charge in [-0.05, 0) is 38.4 Å². The Morgan fingerprint density at radius 2 is 2.14 bits per heavy atom. The second kappa shape index (κ2) is 5.99. The van der Waals surface area contributed by atoms with Crippen LogP contribution in [-0.4, -0.2) is 6.54 Å². The van der Waals surface area contributed by atoms with Crippen molar-refractivity contribution in [3.63, 3.8) is 0 Å². The molecule has 0 fully saturated rings. The van der Waals surface area contributed by atoms with Crippen molar-refractivity contribution in [2.24, 2.45) is 0 Å². The Labute approximate surface area is 90.9 Å².